The lowest BCUT2D eigenvalue weighted by Crippen LogP contribution is -2.08. The van der Waals surface area contributed by atoms with Crippen LogP contribution in [0.5, 0.6) is 0 Å². The SMILES string of the molecule is O=C(O)O.O=c1ccn(-c2ccc(F)cc2F)c2cc(F)ccc12. The van der Waals surface area contributed by atoms with Gasteiger partial charge in [0.05, 0.1) is 11.2 Å². The molecule has 0 bridgehead atoms. The van der Waals surface area contributed by atoms with Crippen LogP contribution in [-0.2, 0) is 0 Å². The average Bonchev–Trinajstić information content (AvgIpc) is 2.48. The molecule has 1 aromatic heterocycles. The Kier molecular flexibility index (Phi) is 4.88. The molecule has 0 aliphatic rings. The van der Waals surface area contributed by atoms with Gasteiger partial charge in [-0.05, 0) is 30.3 Å². The van der Waals surface area contributed by atoms with Crippen LogP contribution < -0.4 is 5.43 Å². The highest BCUT2D eigenvalue weighted by Gasteiger charge is 2.10. The lowest BCUT2D eigenvalue weighted by Gasteiger charge is -2.11. The second kappa shape index (κ2) is 6.86. The maximum Gasteiger partial charge on any atom is 0.503 e. The van der Waals surface area contributed by atoms with E-state index in [9.17, 15) is 18.0 Å². The summed E-state index contributed by atoms with van der Waals surface area (Å²) >= 11 is 0. The van der Waals surface area contributed by atoms with Crippen molar-refractivity contribution in [2.45, 2.75) is 0 Å². The van der Waals surface area contributed by atoms with Crippen LogP contribution in [0.4, 0.5) is 18.0 Å². The Morgan fingerprint density at radius 1 is 0.917 bits per heavy atom. The quantitative estimate of drug-likeness (QED) is 0.711. The molecule has 0 saturated heterocycles. The highest BCUT2D eigenvalue weighted by Crippen LogP contribution is 2.20. The molecule has 5 nitrogen and oxygen atoms in total. The molecule has 0 fully saturated rings. The monoisotopic (exact) mass is 337 g/mol. The average molecular weight is 337 g/mol. The number of nitrogens with zero attached hydrogens (tertiary/aromatic N) is 1. The van der Waals surface area contributed by atoms with Crippen molar-refractivity contribution in [3.63, 3.8) is 0 Å². The molecular weight excluding hydrogens is 327 g/mol. The lowest BCUT2D eigenvalue weighted by molar-refractivity contribution is 0.137. The molecule has 124 valence electrons. The first kappa shape index (κ1) is 17.1. The van der Waals surface area contributed by atoms with Gasteiger partial charge in [0.15, 0.2) is 5.43 Å². The van der Waals surface area contributed by atoms with E-state index in [0.717, 1.165) is 24.3 Å². The Morgan fingerprint density at radius 3 is 2.12 bits per heavy atom. The fraction of sp³-hybridized carbons (Fsp3) is 0. The highest BCUT2D eigenvalue weighted by molar-refractivity contribution is 5.80. The maximum atomic E-state index is 13.8. The Balaban J connectivity index is 0.000000471. The van der Waals surface area contributed by atoms with Gasteiger partial charge in [0.1, 0.15) is 17.5 Å². The van der Waals surface area contributed by atoms with Crippen LogP contribution in [0.1, 0.15) is 0 Å². The summed E-state index contributed by atoms with van der Waals surface area (Å²) < 4.78 is 41.5. The van der Waals surface area contributed by atoms with E-state index in [-0.39, 0.29) is 22.0 Å². The second-order valence-electron chi connectivity index (χ2n) is 4.59. The molecule has 0 aliphatic heterocycles. The van der Waals surface area contributed by atoms with Gasteiger partial charge in [0, 0.05) is 23.7 Å². The zero-order chi connectivity index (χ0) is 17.9. The molecule has 0 unspecified atom stereocenters. The van der Waals surface area contributed by atoms with Crippen LogP contribution >= 0.6 is 0 Å². The summed E-state index contributed by atoms with van der Waals surface area (Å²) in [6.45, 7) is 0. The number of rotatable bonds is 1. The molecule has 2 N–H and O–H groups in total. The number of carbonyl (C=O) groups is 1. The van der Waals surface area contributed by atoms with Gasteiger partial charge in [-0.2, -0.15) is 0 Å². The van der Waals surface area contributed by atoms with Gasteiger partial charge in [0.25, 0.3) is 0 Å². The third-order valence-corrected chi connectivity index (χ3v) is 3.03. The van der Waals surface area contributed by atoms with Crippen LogP contribution in [0.3, 0.4) is 0 Å². The van der Waals surface area contributed by atoms with Crippen molar-refractivity contribution < 1.29 is 28.2 Å². The summed E-state index contributed by atoms with van der Waals surface area (Å²) in [6, 6.07) is 7.96. The predicted molar refractivity (Wildman–Crippen MR) is 80.1 cm³/mol. The fourth-order valence-electron chi connectivity index (χ4n) is 2.11. The summed E-state index contributed by atoms with van der Waals surface area (Å²) in [4.78, 5) is 20.3. The summed E-state index contributed by atoms with van der Waals surface area (Å²) in [5.74, 6) is -2.04. The van der Waals surface area contributed by atoms with Gasteiger partial charge in [-0.1, -0.05) is 0 Å². The first-order chi connectivity index (χ1) is 11.3. The van der Waals surface area contributed by atoms with Crippen LogP contribution in [0.15, 0.2) is 53.5 Å². The number of pyridine rings is 1. The van der Waals surface area contributed by atoms with Crippen molar-refractivity contribution >= 4 is 17.1 Å². The molecule has 8 heteroatoms. The number of carboxylic acid groups (broad SMARTS) is 2. The van der Waals surface area contributed by atoms with E-state index in [1.165, 1.54) is 29.0 Å². The third kappa shape index (κ3) is 3.72. The zero-order valence-corrected chi connectivity index (χ0v) is 11.9. The van der Waals surface area contributed by atoms with E-state index in [0.29, 0.717) is 0 Å². The van der Waals surface area contributed by atoms with Gasteiger partial charge >= 0.3 is 6.16 Å². The molecular formula is C16H10F3NO4. The number of aromatic nitrogens is 1. The molecule has 3 rings (SSSR count). The summed E-state index contributed by atoms with van der Waals surface area (Å²) in [5.41, 5.74) is -0.0243. The Labute approximate surface area is 132 Å². The number of hydrogen-bond donors (Lipinski definition) is 2. The summed E-state index contributed by atoms with van der Waals surface area (Å²) in [7, 11) is 0. The minimum absolute atomic E-state index is 0.0435. The minimum Gasteiger partial charge on any atom is -0.450 e. The molecule has 0 amide bonds. The molecule has 0 atom stereocenters. The first-order valence-corrected chi connectivity index (χ1v) is 6.48. The molecule has 0 saturated carbocycles. The van der Waals surface area contributed by atoms with Crippen molar-refractivity contribution in [1.82, 2.24) is 4.57 Å². The molecule has 0 spiro atoms. The van der Waals surface area contributed by atoms with Gasteiger partial charge in [0.2, 0.25) is 0 Å². The van der Waals surface area contributed by atoms with Crippen molar-refractivity contribution in [3.8, 4) is 5.69 Å². The molecule has 24 heavy (non-hydrogen) atoms. The van der Waals surface area contributed by atoms with Gasteiger partial charge in [-0.25, -0.2) is 18.0 Å². The number of hydrogen-bond acceptors (Lipinski definition) is 2. The Morgan fingerprint density at radius 2 is 1.50 bits per heavy atom. The van der Waals surface area contributed by atoms with Crippen LogP contribution in [0, 0.1) is 17.5 Å². The van der Waals surface area contributed by atoms with E-state index in [2.05, 4.69) is 0 Å². The molecule has 3 aromatic rings. The van der Waals surface area contributed by atoms with Crippen LogP contribution in [-0.4, -0.2) is 20.9 Å². The van der Waals surface area contributed by atoms with Crippen molar-refractivity contribution in [3.05, 3.63) is 76.3 Å². The van der Waals surface area contributed by atoms with Crippen molar-refractivity contribution in [2.75, 3.05) is 0 Å². The maximum absolute atomic E-state index is 13.8. The van der Waals surface area contributed by atoms with Gasteiger partial charge in [-0.3, -0.25) is 4.79 Å². The number of halogens is 3. The minimum atomic E-state index is -1.83. The highest BCUT2D eigenvalue weighted by atomic mass is 19.1. The summed E-state index contributed by atoms with van der Waals surface area (Å²) in [5, 5.41) is 14.2. The third-order valence-electron chi connectivity index (χ3n) is 3.03. The van der Waals surface area contributed by atoms with Crippen LogP contribution in [0.25, 0.3) is 16.6 Å². The second-order valence-corrected chi connectivity index (χ2v) is 4.59. The van der Waals surface area contributed by atoms with E-state index in [4.69, 9.17) is 15.0 Å². The van der Waals surface area contributed by atoms with E-state index < -0.39 is 23.6 Å². The molecule has 0 aliphatic carbocycles. The smallest absolute Gasteiger partial charge is 0.450 e. The van der Waals surface area contributed by atoms with Crippen molar-refractivity contribution in [2.24, 2.45) is 0 Å². The van der Waals surface area contributed by atoms with Gasteiger partial charge in [-0.15, -0.1) is 0 Å². The van der Waals surface area contributed by atoms with E-state index in [1.54, 1.807) is 0 Å². The molecule has 1 heterocycles. The van der Waals surface area contributed by atoms with Crippen LogP contribution in [0.2, 0.25) is 0 Å². The standard InChI is InChI=1S/C15H8F3NO.CH2O3/c16-9-2-4-13(12(18)7-9)19-6-5-15(20)11-3-1-10(17)8-14(11)19;2-1(3)4/h1-8H;(H2,2,3,4). The fourth-order valence-corrected chi connectivity index (χ4v) is 2.11. The Bertz CT molecular complexity index is 965. The van der Waals surface area contributed by atoms with E-state index in [1.807, 2.05) is 0 Å². The zero-order valence-electron chi connectivity index (χ0n) is 11.9. The normalized spacial score (nSPS) is 10.1. The first-order valence-electron chi connectivity index (χ1n) is 6.48. The molecule has 0 radical (unpaired) electrons. The summed E-state index contributed by atoms with van der Waals surface area (Å²) in [6.07, 6.45) is -0.500. The Hall–Kier alpha value is -3.29. The largest absolute Gasteiger partial charge is 0.503 e. The molecule has 2 aromatic carbocycles. The lowest BCUT2D eigenvalue weighted by atomic mass is 10.2. The van der Waals surface area contributed by atoms with Gasteiger partial charge < -0.3 is 14.8 Å². The predicted octanol–water partition coefficient (Wildman–Crippen LogP) is 3.63. The van der Waals surface area contributed by atoms with E-state index >= 15 is 0 Å². The number of benzene rings is 2. The van der Waals surface area contributed by atoms with Crippen molar-refractivity contribution in [1.29, 1.82) is 0 Å². The topological polar surface area (TPSA) is 79.5 Å². The number of fused-ring (bicyclic) bond motifs is 1.